The third kappa shape index (κ3) is 1.73. The molecule has 6 N–H and O–H groups in total. The number of nitrogens with zero attached hydrogens (tertiary/aromatic N) is 2. The maximum atomic E-state index is 11.2. The van der Waals surface area contributed by atoms with Gasteiger partial charge in [-0.25, -0.2) is 4.98 Å². The first-order chi connectivity index (χ1) is 7.59. The summed E-state index contributed by atoms with van der Waals surface area (Å²) in [6.45, 7) is 0.768. The van der Waals surface area contributed by atoms with E-state index in [9.17, 15) is 4.79 Å². The molecule has 16 heavy (non-hydrogen) atoms. The molecule has 0 aliphatic carbocycles. The van der Waals surface area contributed by atoms with Gasteiger partial charge in [0.25, 0.3) is 0 Å². The Balaban J connectivity index is 2.29. The molecule has 1 aromatic heterocycles. The third-order valence-corrected chi connectivity index (χ3v) is 2.82. The highest BCUT2D eigenvalue weighted by Gasteiger charge is 2.29. The lowest BCUT2D eigenvalue weighted by Gasteiger charge is -2.23. The van der Waals surface area contributed by atoms with Crippen molar-refractivity contribution in [1.82, 2.24) is 4.98 Å². The lowest BCUT2D eigenvalue weighted by Crippen LogP contribution is -2.40. The Hall–Kier alpha value is -1.98. The second-order valence-electron chi connectivity index (χ2n) is 3.90. The topological polar surface area (TPSA) is 111 Å². The molecule has 2 rings (SSSR count). The molecule has 0 radical (unpaired) electrons. The second-order valence-corrected chi connectivity index (χ2v) is 3.90. The van der Waals surface area contributed by atoms with Crippen molar-refractivity contribution in [3.8, 4) is 0 Å². The van der Waals surface area contributed by atoms with Gasteiger partial charge in [0.1, 0.15) is 17.7 Å². The van der Waals surface area contributed by atoms with E-state index in [1.54, 1.807) is 12.1 Å². The summed E-state index contributed by atoms with van der Waals surface area (Å²) < 4.78 is 0. The first-order valence-corrected chi connectivity index (χ1v) is 5.17. The summed E-state index contributed by atoms with van der Waals surface area (Å²) in [6, 6.07) is 3.16. The molecule has 1 saturated heterocycles. The standard InChI is InChI=1S/C10H15N5O/c11-6-3-4-8(14-9(6)12)15-5-1-2-7(15)10(13)16/h3-4,7H,1-2,5,11H2,(H2,12,14)(H2,13,16). The molecule has 0 aromatic carbocycles. The van der Waals surface area contributed by atoms with E-state index < -0.39 is 0 Å². The number of nitrogen functional groups attached to an aromatic ring is 2. The molecule has 1 unspecified atom stereocenters. The maximum absolute atomic E-state index is 11.2. The van der Waals surface area contributed by atoms with Crippen molar-refractivity contribution in [2.24, 2.45) is 5.73 Å². The van der Waals surface area contributed by atoms with Crippen LogP contribution >= 0.6 is 0 Å². The Morgan fingerprint density at radius 3 is 2.81 bits per heavy atom. The Morgan fingerprint density at radius 1 is 1.44 bits per heavy atom. The number of hydrogen-bond acceptors (Lipinski definition) is 5. The molecule has 1 atom stereocenters. The number of hydrogen-bond donors (Lipinski definition) is 3. The van der Waals surface area contributed by atoms with Crippen LogP contribution in [-0.2, 0) is 4.79 Å². The van der Waals surface area contributed by atoms with Crippen LogP contribution in [0.25, 0.3) is 0 Å². The maximum Gasteiger partial charge on any atom is 0.240 e. The van der Waals surface area contributed by atoms with Crippen LogP contribution in [0.1, 0.15) is 12.8 Å². The van der Waals surface area contributed by atoms with Gasteiger partial charge in [-0.3, -0.25) is 4.79 Å². The quantitative estimate of drug-likeness (QED) is 0.635. The van der Waals surface area contributed by atoms with Crippen molar-refractivity contribution in [1.29, 1.82) is 0 Å². The van der Waals surface area contributed by atoms with E-state index in [1.807, 2.05) is 4.90 Å². The molecule has 2 heterocycles. The first-order valence-electron chi connectivity index (χ1n) is 5.17. The van der Waals surface area contributed by atoms with Crippen LogP contribution in [0.2, 0.25) is 0 Å². The minimum atomic E-state index is -0.324. The van der Waals surface area contributed by atoms with Gasteiger partial charge in [0, 0.05) is 6.54 Å². The summed E-state index contributed by atoms with van der Waals surface area (Å²) in [6.07, 6.45) is 1.70. The van der Waals surface area contributed by atoms with Crippen molar-refractivity contribution in [2.45, 2.75) is 18.9 Å². The monoisotopic (exact) mass is 221 g/mol. The van der Waals surface area contributed by atoms with Crippen LogP contribution in [-0.4, -0.2) is 23.5 Å². The predicted octanol–water partition coefficient (Wildman–Crippen LogP) is -0.300. The van der Waals surface area contributed by atoms with E-state index >= 15 is 0 Å². The summed E-state index contributed by atoms with van der Waals surface area (Å²) in [5.41, 5.74) is 17.0. The lowest BCUT2D eigenvalue weighted by molar-refractivity contribution is -0.119. The van der Waals surface area contributed by atoms with Gasteiger partial charge in [-0.15, -0.1) is 0 Å². The van der Waals surface area contributed by atoms with Gasteiger partial charge in [-0.05, 0) is 25.0 Å². The molecule has 1 aliphatic heterocycles. The van der Waals surface area contributed by atoms with Gasteiger partial charge in [0.05, 0.1) is 5.69 Å². The van der Waals surface area contributed by atoms with Crippen LogP contribution in [0.4, 0.5) is 17.3 Å². The second kappa shape index (κ2) is 3.88. The highest BCUT2D eigenvalue weighted by Crippen LogP contribution is 2.26. The summed E-state index contributed by atoms with van der Waals surface area (Å²) >= 11 is 0. The molecular weight excluding hydrogens is 206 g/mol. The molecule has 1 fully saturated rings. The minimum absolute atomic E-state index is 0.282. The number of primary amides is 1. The molecule has 0 saturated carbocycles. The van der Waals surface area contributed by atoms with Crippen molar-refractivity contribution < 1.29 is 4.79 Å². The van der Waals surface area contributed by atoms with Crippen molar-refractivity contribution >= 4 is 23.2 Å². The number of anilines is 3. The number of aromatic nitrogens is 1. The SMILES string of the molecule is NC(=O)C1CCCN1c1ccc(N)c(N)n1. The fourth-order valence-corrected chi connectivity index (χ4v) is 1.97. The van der Waals surface area contributed by atoms with E-state index in [0.717, 1.165) is 19.4 Å². The average molecular weight is 221 g/mol. The number of nitrogens with two attached hydrogens (primary N) is 3. The third-order valence-electron chi connectivity index (χ3n) is 2.82. The molecule has 1 aromatic rings. The highest BCUT2D eigenvalue weighted by atomic mass is 16.1. The molecular formula is C10H15N5O. The van der Waals surface area contributed by atoms with E-state index in [0.29, 0.717) is 11.5 Å². The molecule has 6 nitrogen and oxygen atoms in total. The smallest absolute Gasteiger partial charge is 0.240 e. The molecule has 1 aliphatic rings. The van der Waals surface area contributed by atoms with Gasteiger partial charge in [0.15, 0.2) is 0 Å². The van der Waals surface area contributed by atoms with Crippen LogP contribution in [0.3, 0.4) is 0 Å². The van der Waals surface area contributed by atoms with Gasteiger partial charge in [-0.1, -0.05) is 0 Å². The molecule has 86 valence electrons. The van der Waals surface area contributed by atoms with Gasteiger partial charge >= 0.3 is 0 Å². The van der Waals surface area contributed by atoms with E-state index in [-0.39, 0.29) is 17.8 Å². The van der Waals surface area contributed by atoms with E-state index in [1.165, 1.54) is 0 Å². The Bertz CT molecular complexity index is 420. The van der Waals surface area contributed by atoms with Crippen LogP contribution in [0, 0.1) is 0 Å². The first kappa shape index (κ1) is 10.5. The van der Waals surface area contributed by atoms with Gasteiger partial charge < -0.3 is 22.1 Å². The Kier molecular flexibility index (Phi) is 2.55. The zero-order chi connectivity index (χ0) is 11.7. The molecule has 1 amide bonds. The Morgan fingerprint density at radius 2 is 2.19 bits per heavy atom. The van der Waals surface area contributed by atoms with E-state index in [4.69, 9.17) is 17.2 Å². The van der Waals surface area contributed by atoms with E-state index in [2.05, 4.69) is 4.98 Å². The lowest BCUT2D eigenvalue weighted by atomic mass is 10.2. The number of carbonyl (C=O) groups is 1. The molecule has 0 spiro atoms. The minimum Gasteiger partial charge on any atom is -0.396 e. The average Bonchev–Trinajstić information content (AvgIpc) is 2.71. The van der Waals surface area contributed by atoms with Gasteiger partial charge in [0.2, 0.25) is 5.91 Å². The predicted molar refractivity (Wildman–Crippen MR) is 62.6 cm³/mol. The van der Waals surface area contributed by atoms with Crippen LogP contribution in [0.15, 0.2) is 12.1 Å². The molecule has 6 heteroatoms. The molecule has 0 bridgehead atoms. The Labute approximate surface area is 93.4 Å². The summed E-state index contributed by atoms with van der Waals surface area (Å²) in [5, 5.41) is 0. The number of rotatable bonds is 2. The van der Waals surface area contributed by atoms with Gasteiger partial charge in [-0.2, -0.15) is 0 Å². The fourth-order valence-electron chi connectivity index (χ4n) is 1.97. The zero-order valence-corrected chi connectivity index (χ0v) is 8.89. The zero-order valence-electron chi connectivity index (χ0n) is 8.89. The fraction of sp³-hybridized carbons (Fsp3) is 0.400. The summed E-state index contributed by atoms with van der Waals surface area (Å²) in [4.78, 5) is 17.3. The normalized spacial score (nSPS) is 20.0. The van der Waals surface area contributed by atoms with Crippen molar-refractivity contribution in [2.75, 3.05) is 22.9 Å². The van der Waals surface area contributed by atoms with Crippen molar-refractivity contribution in [3.05, 3.63) is 12.1 Å². The summed E-state index contributed by atoms with van der Waals surface area (Å²) in [5.74, 6) is 0.621. The number of amides is 1. The summed E-state index contributed by atoms with van der Waals surface area (Å²) in [7, 11) is 0. The number of pyridine rings is 1. The van der Waals surface area contributed by atoms with Crippen molar-refractivity contribution in [3.63, 3.8) is 0 Å². The van der Waals surface area contributed by atoms with Crippen LogP contribution < -0.4 is 22.1 Å². The highest BCUT2D eigenvalue weighted by molar-refractivity contribution is 5.84. The van der Waals surface area contributed by atoms with Crippen LogP contribution in [0.5, 0.6) is 0 Å². The number of carbonyl (C=O) groups excluding carboxylic acids is 1. The largest absolute Gasteiger partial charge is 0.396 e.